The average molecular weight is 295 g/mol. The highest BCUT2D eigenvalue weighted by Crippen LogP contribution is 2.19. The minimum Gasteiger partial charge on any atom is -0.492 e. The fraction of sp³-hybridized carbons (Fsp3) is 0.400. The lowest BCUT2D eigenvalue weighted by molar-refractivity contribution is -0.133. The molecule has 1 amide bonds. The summed E-state index contributed by atoms with van der Waals surface area (Å²) in [7, 11) is 1.78. The second-order valence-electron chi connectivity index (χ2n) is 4.95. The van der Waals surface area contributed by atoms with Crippen molar-refractivity contribution in [3.63, 3.8) is 0 Å². The maximum Gasteiger partial charge on any atom is 0.229 e. The largest absolute Gasteiger partial charge is 0.492 e. The van der Waals surface area contributed by atoms with Crippen LogP contribution in [0.5, 0.6) is 5.75 Å². The van der Waals surface area contributed by atoms with E-state index in [1.54, 1.807) is 24.1 Å². The van der Waals surface area contributed by atoms with Crippen molar-refractivity contribution in [1.82, 2.24) is 4.90 Å². The number of ether oxygens (including phenoxy) is 1. The molecule has 1 aromatic carbocycles. The summed E-state index contributed by atoms with van der Waals surface area (Å²) in [5, 5.41) is 0.675. The number of halogens is 1. The molecular weight excluding hydrogens is 276 g/mol. The first-order valence-corrected chi connectivity index (χ1v) is 7.01. The second-order valence-corrected chi connectivity index (χ2v) is 5.39. The van der Waals surface area contributed by atoms with Crippen molar-refractivity contribution in [2.75, 3.05) is 20.2 Å². The van der Waals surface area contributed by atoms with E-state index in [2.05, 4.69) is 0 Å². The smallest absolute Gasteiger partial charge is 0.229 e. The van der Waals surface area contributed by atoms with Crippen molar-refractivity contribution in [3.05, 3.63) is 41.4 Å². The molecule has 0 aromatic heterocycles. The molecule has 0 radical (unpaired) electrons. The fourth-order valence-electron chi connectivity index (χ4n) is 2.13. The van der Waals surface area contributed by atoms with Gasteiger partial charge < -0.3 is 15.4 Å². The lowest BCUT2D eigenvalue weighted by Gasteiger charge is -2.20. The van der Waals surface area contributed by atoms with Crippen LogP contribution in [-0.2, 0) is 4.79 Å². The zero-order chi connectivity index (χ0) is 14.5. The van der Waals surface area contributed by atoms with Crippen LogP contribution in [0.2, 0.25) is 5.02 Å². The first-order valence-electron chi connectivity index (χ1n) is 6.63. The van der Waals surface area contributed by atoms with Gasteiger partial charge in [-0.15, -0.1) is 0 Å². The Morgan fingerprint density at radius 3 is 2.70 bits per heavy atom. The van der Waals surface area contributed by atoms with E-state index in [1.807, 2.05) is 24.3 Å². The van der Waals surface area contributed by atoms with E-state index in [9.17, 15) is 4.79 Å². The van der Waals surface area contributed by atoms with E-state index in [0.29, 0.717) is 24.6 Å². The Labute approximate surface area is 124 Å². The maximum atomic E-state index is 12.1. The minimum absolute atomic E-state index is 0.00247. The summed E-state index contributed by atoms with van der Waals surface area (Å²) < 4.78 is 5.57. The first-order chi connectivity index (χ1) is 9.56. The summed E-state index contributed by atoms with van der Waals surface area (Å²) in [6.45, 7) is 0.993. The monoisotopic (exact) mass is 294 g/mol. The van der Waals surface area contributed by atoms with Crippen LogP contribution in [0.3, 0.4) is 0 Å². The molecule has 108 valence electrons. The molecular formula is C15H19ClN2O2. The standard InChI is InChI=1S/C15H19ClN2O2/c1-18(15(19)11-2-5-13(17)10-11)8-9-20-14-6-3-12(16)4-7-14/h2-7,11,13H,8-10,17H2,1H3. The van der Waals surface area contributed by atoms with Gasteiger partial charge in [-0.05, 0) is 30.7 Å². The van der Waals surface area contributed by atoms with Crippen LogP contribution in [0.4, 0.5) is 0 Å². The molecule has 2 atom stereocenters. The second kappa shape index (κ2) is 6.77. The van der Waals surface area contributed by atoms with E-state index in [1.165, 1.54) is 0 Å². The summed E-state index contributed by atoms with van der Waals surface area (Å²) in [6, 6.07) is 7.17. The number of hydrogen-bond acceptors (Lipinski definition) is 3. The molecule has 0 saturated heterocycles. The van der Waals surface area contributed by atoms with Crippen molar-refractivity contribution in [2.45, 2.75) is 12.5 Å². The molecule has 0 aliphatic heterocycles. The van der Waals surface area contributed by atoms with Crippen LogP contribution in [0.15, 0.2) is 36.4 Å². The van der Waals surface area contributed by atoms with Gasteiger partial charge in [0.05, 0.1) is 12.5 Å². The molecule has 20 heavy (non-hydrogen) atoms. The number of carbonyl (C=O) groups excluding carboxylic acids is 1. The van der Waals surface area contributed by atoms with Crippen molar-refractivity contribution < 1.29 is 9.53 Å². The maximum absolute atomic E-state index is 12.1. The zero-order valence-corrected chi connectivity index (χ0v) is 12.2. The Bertz CT molecular complexity index is 487. The number of likely N-dealkylation sites (N-methyl/N-ethyl adjacent to an activating group) is 1. The molecule has 1 aliphatic rings. The quantitative estimate of drug-likeness (QED) is 0.846. The molecule has 0 spiro atoms. The van der Waals surface area contributed by atoms with E-state index in [0.717, 1.165) is 5.75 Å². The first kappa shape index (κ1) is 14.9. The molecule has 0 heterocycles. The summed E-state index contributed by atoms with van der Waals surface area (Å²) in [6.07, 6.45) is 4.48. The molecule has 0 fully saturated rings. The predicted octanol–water partition coefficient (Wildman–Crippen LogP) is 2.08. The number of nitrogens with two attached hydrogens (primary N) is 1. The number of amides is 1. The number of carbonyl (C=O) groups is 1. The van der Waals surface area contributed by atoms with Gasteiger partial charge in [-0.2, -0.15) is 0 Å². The molecule has 0 saturated carbocycles. The fourth-order valence-corrected chi connectivity index (χ4v) is 2.26. The zero-order valence-electron chi connectivity index (χ0n) is 11.5. The molecule has 5 heteroatoms. The lowest BCUT2D eigenvalue weighted by Crippen LogP contribution is -2.35. The number of nitrogens with zero attached hydrogens (tertiary/aromatic N) is 1. The van der Waals surface area contributed by atoms with Crippen molar-refractivity contribution in [3.8, 4) is 5.75 Å². The van der Waals surface area contributed by atoms with Gasteiger partial charge in [-0.3, -0.25) is 4.79 Å². The Balaban J connectivity index is 1.74. The molecule has 2 unspecified atom stereocenters. The highest BCUT2D eigenvalue weighted by Gasteiger charge is 2.25. The van der Waals surface area contributed by atoms with E-state index < -0.39 is 0 Å². The van der Waals surface area contributed by atoms with Gasteiger partial charge in [0.15, 0.2) is 0 Å². The number of rotatable bonds is 5. The third-order valence-corrected chi connectivity index (χ3v) is 3.57. The summed E-state index contributed by atoms with van der Waals surface area (Å²) in [4.78, 5) is 13.8. The third-order valence-electron chi connectivity index (χ3n) is 3.32. The Morgan fingerprint density at radius 1 is 1.40 bits per heavy atom. The topological polar surface area (TPSA) is 55.6 Å². The van der Waals surface area contributed by atoms with Gasteiger partial charge in [-0.1, -0.05) is 23.8 Å². The lowest BCUT2D eigenvalue weighted by atomic mass is 10.1. The van der Waals surface area contributed by atoms with Crippen LogP contribution in [0.25, 0.3) is 0 Å². The van der Waals surface area contributed by atoms with Crippen LogP contribution in [0, 0.1) is 5.92 Å². The number of hydrogen-bond donors (Lipinski definition) is 1. The van der Waals surface area contributed by atoms with Gasteiger partial charge >= 0.3 is 0 Å². The van der Waals surface area contributed by atoms with Gasteiger partial charge in [0.25, 0.3) is 0 Å². The Kier molecular flexibility index (Phi) is 5.04. The molecule has 0 bridgehead atoms. The van der Waals surface area contributed by atoms with Crippen molar-refractivity contribution >= 4 is 17.5 Å². The van der Waals surface area contributed by atoms with Crippen LogP contribution >= 0.6 is 11.6 Å². The molecule has 1 aromatic rings. The third kappa shape index (κ3) is 3.99. The van der Waals surface area contributed by atoms with Crippen LogP contribution in [0.1, 0.15) is 6.42 Å². The van der Waals surface area contributed by atoms with Gasteiger partial charge in [0.2, 0.25) is 5.91 Å². The van der Waals surface area contributed by atoms with E-state index in [-0.39, 0.29) is 17.9 Å². The Hall–Kier alpha value is -1.52. The van der Waals surface area contributed by atoms with Gasteiger partial charge in [-0.25, -0.2) is 0 Å². The molecule has 1 aliphatic carbocycles. The Morgan fingerprint density at radius 2 is 2.10 bits per heavy atom. The predicted molar refractivity (Wildman–Crippen MR) is 79.8 cm³/mol. The van der Waals surface area contributed by atoms with Crippen molar-refractivity contribution in [1.29, 1.82) is 0 Å². The molecule has 4 nitrogen and oxygen atoms in total. The highest BCUT2D eigenvalue weighted by atomic mass is 35.5. The van der Waals surface area contributed by atoms with E-state index in [4.69, 9.17) is 22.1 Å². The SMILES string of the molecule is CN(CCOc1ccc(Cl)cc1)C(=O)C1C=CC(N)C1. The summed E-state index contributed by atoms with van der Waals surface area (Å²) >= 11 is 5.80. The highest BCUT2D eigenvalue weighted by molar-refractivity contribution is 6.30. The van der Waals surface area contributed by atoms with E-state index >= 15 is 0 Å². The number of benzene rings is 1. The molecule has 2 N–H and O–H groups in total. The minimum atomic E-state index is -0.0921. The van der Waals surface area contributed by atoms with Crippen LogP contribution < -0.4 is 10.5 Å². The van der Waals surface area contributed by atoms with Crippen LogP contribution in [-0.4, -0.2) is 37.0 Å². The summed E-state index contributed by atoms with van der Waals surface area (Å²) in [5.74, 6) is 0.748. The van der Waals surface area contributed by atoms with Crippen molar-refractivity contribution in [2.24, 2.45) is 11.7 Å². The molecule has 2 rings (SSSR count). The normalized spacial score (nSPS) is 20.9. The van der Waals surface area contributed by atoms with Gasteiger partial charge in [0, 0.05) is 18.1 Å². The average Bonchev–Trinajstić information content (AvgIpc) is 2.86. The van der Waals surface area contributed by atoms with Gasteiger partial charge in [0.1, 0.15) is 12.4 Å². The summed E-state index contributed by atoms with van der Waals surface area (Å²) in [5.41, 5.74) is 5.76.